The topological polar surface area (TPSA) is 81.4 Å². The van der Waals surface area contributed by atoms with Crippen molar-refractivity contribution in [3.8, 4) is 5.75 Å². The second kappa shape index (κ2) is 8.49. The van der Waals surface area contributed by atoms with Crippen LogP contribution < -0.4 is 15.7 Å². The molecular formula is C21H22N2O4. The number of nitrogens with zero attached hydrogens (tertiary/aromatic N) is 1. The third kappa shape index (κ3) is 4.73. The Labute approximate surface area is 157 Å². The Kier molecular flexibility index (Phi) is 5.86. The third-order valence-electron chi connectivity index (χ3n) is 4.17. The van der Waals surface area contributed by atoms with Crippen LogP contribution in [0.25, 0.3) is 11.0 Å². The van der Waals surface area contributed by atoms with Gasteiger partial charge in [0.1, 0.15) is 11.3 Å². The number of rotatable bonds is 7. The van der Waals surface area contributed by atoms with Crippen LogP contribution in [0.15, 0.2) is 57.9 Å². The molecule has 0 fully saturated rings. The Morgan fingerprint density at radius 3 is 2.85 bits per heavy atom. The summed E-state index contributed by atoms with van der Waals surface area (Å²) in [5.41, 5.74) is 1.80. The zero-order valence-corrected chi connectivity index (χ0v) is 15.4. The number of pyridine rings is 1. The SMILES string of the molecule is CCCc1cc(=O)oc2cc(O[C@H](C)C(=O)NCc3ccccn3)ccc12. The molecule has 0 saturated carbocycles. The van der Waals surface area contributed by atoms with Crippen molar-refractivity contribution >= 4 is 16.9 Å². The first-order valence-corrected chi connectivity index (χ1v) is 8.98. The molecule has 0 aliphatic heterocycles. The molecule has 6 heteroatoms. The van der Waals surface area contributed by atoms with Crippen molar-refractivity contribution in [2.75, 3.05) is 0 Å². The Balaban J connectivity index is 1.70. The molecule has 1 aromatic carbocycles. The lowest BCUT2D eigenvalue weighted by atomic mass is 10.1. The van der Waals surface area contributed by atoms with Gasteiger partial charge in [-0.05, 0) is 43.2 Å². The number of nitrogens with one attached hydrogen (secondary N) is 1. The van der Waals surface area contributed by atoms with Crippen LogP contribution in [0.4, 0.5) is 0 Å². The summed E-state index contributed by atoms with van der Waals surface area (Å²) in [5, 5.41) is 3.68. The largest absolute Gasteiger partial charge is 0.481 e. The van der Waals surface area contributed by atoms with Crippen molar-refractivity contribution in [2.45, 2.75) is 39.3 Å². The van der Waals surface area contributed by atoms with E-state index in [1.807, 2.05) is 24.3 Å². The molecule has 0 spiro atoms. The van der Waals surface area contributed by atoms with E-state index < -0.39 is 6.10 Å². The van der Waals surface area contributed by atoms with Gasteiger partial charge in [-0.1, -0.05) is 19.4 Å². The van der Waals surface area contributed by atoms with Crippen LogP contribution in [0.5, 0.6) is 5.75 Å². The van der Waals surface area contributed by atoms with Gasteiger partial charge >= 0.3 is 5.63 Å². The Morgan fingerprint density at radius 1 is 1.26 bits per heavy atom. The molecule has 2 heterocycles. The van der Waals surface area contributed by atoms with Gasteiger partial charge in [0.05, 0.1) is 12.2 Å². The van der Waals surface area contributed by atoms with E-state index in [0.29, 0.717) is 17.9 Å². The monoisotopic (exact) mass is 366 g/mol. The van der Waals surface area contributed by atoms with E-state index in [9.17, 15) is 9.59 Å². The Bertz CT molecular complexity index is 982. The van der Waals surface area contributed by atoms with E-state index in [2.05, 4.69) is 17.2 Å². The molecule has 0 unspecified atom stereocenters. The van der Waals surface area contributed by atoms with Gasteiger partial charge in [0.15, 0.2) is 6.10 Å². The molecule has 6 nitrogen and oxygen atoms in total. The maximum Gasteiger partial charge on any atom is 0.336 e. The zero-order chi connectivity index (χ0) is 19.2. The van der Waals surface area contributed by atoms with Crippen LogP contribution in [0.3, 0.4) is 0 Å². The van der Waals surface area contributed by atoms with Gasteiger partial charge in [-0.15, -0.1) is 0 Å². The second-order valence-corrected chi connectivity index (χ2v) is 6.30. The van der Waals surface area contributed by atoms with Crippen LogP contribution in [0.1, 0.15) is 31.5 Å². The minimum atomic E-state index is -0.697. The number of benzene rings is 1. The van der Waals surface area contributed by atoms with Gasteiger partial charge in [-0.25, -0.2) is 4.79 Å². The normalized spacial score (nSPS) is 11.9. The molecule has 0 aliphatic rings. The molecule has 2 aromatic heterocycles. The summed E-state index contributed by atoms with van der Waals surface area (Å²) >= 11 is 0. The highest BCUT2D eigenvalue weighted by Gasteiger charge is 2.15. The highest BCUT2D eigenvalue weighted by atomic mass is 16.5. The number of aromatic nitrogens is 1. The quantitative estimate of drug-likeness (QED) is 0.649. The van der Waals surface area contributed by atoms with Gasteiger partial charge < -0.3 is 14.5 Å². The number of aryl methyl sites for hydroxylation is 1. The molecule has 0 bridgehead atoms. The molecular weight excluding hydrogens is 344 g/mol. The summed E-state index contributed by atoms with van der Waals surface area (Å²) in [4.78, 5) is 28.2. The fraction of sp³-hybridized carbons (Fsp3) is 0.286. The van der Waals surface area contributed by atoms with Crippen molar-refractivity contribution in [1.82, 2.24) is 10.3 Å². The van der Waals surface area contributed by atoms with Crippen LogP contribution in [0, 0.1) is 0 Å². The lowest BCUT2D eigenvalue weighted by molar-refractivity contribution is -0.127. The number of hydrogen-bond acceptors (Lipinski definition) is 5. The Hall–Kier alpha value is -3.15. The highest BCUT2D eigenvalue weighted by molar-refractivity contribution is 5.83. The highest BCUT2D eigenvalue weighted by Crippen LogP contribution is 2.24. The summed E-state index contributed by atoms with van der Waals surface area (Å²) in [6.07, 6.45) is 2.72. The summed E-state index contributed by atoms with van der Waals surface area (Å²) in [5.74, 6) is 0.224. The van der Waals surface area contributed by atoms with Crippen molar-refractivity contribution in [3.05, 3.63) is 70.3 Å². The number of ether oxygens (including phenoxy) is 1. The van der Waals surface area contributed by atoms with Gasteiger partial charge in [-0.3, -0.25) is 9.78 Å². The number of fused-ring (bicyclic) bond motifs is 1. The minimum Gasteiger partial charge on any atom is -0.481 e. The second-order valence-electron chi connectivity index (χ2n) is 6.30. The van der Waals surface area contributed by atoms with E-state index >= 15 is 0 Å². The van der Waals surface area contributed by atoms with E-state index in [0.717, 1.165) is 29.5 Å². The molecule has 0 saturated heterocycles. The average molecular weight is 366 g/mol. The average Bonchev–Trinajstić information content (AvgIpc) is 2.66. The summed E-state index contributed by atoms with van der Waals surface area (Å²) < 4.78 is 11.0. The molecule has 0 radical (unpaired) electrons. The first kappa shape index (κ1) is 18.6. The molecule has 1 amide bonds. The molecule has 1 atom stereocenters. The van der Waals surface area contributed by atoms with Gasteiger partial charge in [-0.2, -0.15) is 0 Å². The lowest BCUT2D eigenvalue weighted by Gasteiger charge is -2.15. The molecule has 27 heavy (non-hydrogen) atoms. The Morgan fingerprint density at radius 2 is 2.11 bits per heavy atom. The van der Waals surface area contributed by atoms with E-state index in [1.54, 1.807) is 25.3 Å². The standard InChI is InChI=1S/C21H22N2O4/c1-3-6-15-11-20(24)27-19-12-17(8-9-18(15)19)26-14(2)21(25)23-13-16-7-4-5-10-22-16/h4-5,7-12,14H,3,6,13H2,1-2H3,(H,23,25)/t14-/m1/s1. The van der Waals surface area contributed by atoms with Crippen molar-refractivity contribution in [2.24, 2.45) is 0 Å². The fourth-order valence-electron chi connectivity index (χ4n) is 2.84. The number of carbonyl (C=O) groups excluding carboxylic acids is 1. The molecule has 3 rings (SSSR count). The fourth-order valence-corrected chi connectivity index (χ4v) is 2.84. The molecule has 140 valence electrons. The van der Waals surface area contributed by atoms with Gasteiger partial charge in [0.25, 0.3) is 5.91 Å². The van der Waals surface area contributed by atoms with Crippen LogP contribution >= 0.6 is 0 Å². The summed E-state index contributed by atoms with van der Waals surface area (Å²) in [6, 6.07) is 12.3. The van der Waals surface area contributed by atoms with E-state index in [4.69, 9.17) is 9.15 Å². The minimum absolute atomic E-state index is 0.248. The summed E-state index contributed by atoms with van der Waals surface area (Å²) in [7, 11) is 0. The van der Waals surface area contributed by atoms with Crippen LogP contribution in [-0.4, -0.2) is 17.0 Å². The van der Waals surface area contributed by atoms with Crippen molar-refractivity contribution in [1.29, 1.82) is 0 Å². The number of hydrogen-bond donors (Lipinski definition) is 1. The first-order valence-electron chi connectivity index (χ1n) is 8.98. The van der Waals surface area contributed by atoms with Crippen molar-refractivity contribution in [3.63, 3.8) is 0 Å². The van der Waals surface area contributed by atoms with Gasteiger partial charge in [0.2, 0.25) is 0 Å². The van der Waals surface area contributed by atoms with Crippen molar-refractivity contribution < 1.29 is 13.9 Å². The lowest BCUT2D eigenvalue weighted by Crippen LogP contribution is -2.36. The molecule has 0 aliphatic carbocycles. The van der Waals surface area contributed by atoms with Crippen LogP contribution in [-0.2, 0) is 17.8 Å². The number of carbonyl (C=O) groups is 1. The molecule has 3 aromatic rings. The third-order valence-corrected chi connectivity index (χ3v) is 4.17. The number of amides is 1. The van der Waals surface area contributed by atoms with Gasteiger partial charge in [0, 0.05) is 23.7 Å². The first-order chi connectivity index (χ1) is 13.1. The smallest absolute Gasteiger partial charge is 0.336 e. The van der Waals surface area contributed by atoms with E-state index in [-0.39, 0.29) is 11.5 Å². The molecule has 1 N–H and O–H groups in total. The predicted molar refractivity (Wildman–Crippen MR) is 103 cm³/mol. The van der Waals surface area contributed by atoms with Crippen LogP contribution in [0.2, 0.25) is 0 Å². The van der Waals surface area contributed by atoms with E-state index in [1.165, 1.54) is 6.07 Å². The summed E-state index contributed by atoms with van der Waals surface area (Å²) in [6.45, 7) is 4.06. The zero-order valence-electron chi connectivity index (χ0n) is 15.4. The maximum atomic E-state index is 12.2. The maximum absolute atomic E-state index is 12.2. The predicted octanol–water partition coefficient (Wildman–Crippen LogP) is 3.22.